The van der Waals surface area contributed by atoms with E-state index in [0.29, 0.717) is 18.7 Å². The number of carbonyl (C=O) groups is 2. The summed E-state index contributed by atoms with van der Waals surface area (Å²) in [7, 11) is 3.44. The Bertz CT molecular complexity index is 511. The number of carbonyl (C=O) groups excluding carboxylic acids is 2. The normalized spacial score (nSPS) is 14.5. The lowest BCUT2D eigenvalue weighted by Gasteiger charge is -2.29. The molecule has 1 aliphatic heterocycles. The van der Waals surface area contributed by atoms with E-state index >= 15 is 0 Å². The van der Waals surface area contributed by atoms with E-state index in [4.69, 9.17) is 0 Å². The molecule has 21 heavy (non-hydrogen) atoms. The predicted molar refractivity (Wildman–Crippen MR) is 81.6 cm³/mol. The maximum atomic E-state index is 12.3. The molecule has 1 fully saturated rings. The van der Waals surface area contributed by atoms with Gasteiger partial charge >= 0.3 is 0 Å². The molecule has 0 unspecified atom stereocenters. The van der Waals surface area contributed by atoms with E-state index in [2.05, 4.69) is 10.4 Å². The highest BCUT2D eigenvalue weighted by atomic mass is 35.5. The fourth-order valence-electron chi connectivity index (χ4n) is 2.20. The van der Waals surface area contributed by atoms with Crippen LogP contribution in [0.25, 0.3) is 0 Å². The predicted octanol–water partition coefficient (Wildman–Crippen LogP) is -0.346. The zero-order valence-corrected chi connectivity index (χ0v) is 13.4. The maximum absolute atomic E-state index is 12.3. The molecule has 2 amide bonds. The second-order valence-electron chi connectivity index (χ2n) is 5.06. The summed E-state index contributed by atoms with van der Waals surface area (Å²) in [5, 5.41) is 7.25. The highest BCUT2D eigenvalue weighted by Crippen LogP contribution is 2.09. The van der Waals surface area contributed by atoms with Gasteiger partial charge in [-0.1, -0.05) is 0 Å². The highest BCUT2D eigenvalue weighted by molar-refractivity contribution is 5.97. The lowest BCUT2D eigenvalue weighted by atomic mass is 10.2. The number of amides is 2. The second-order valence-corrected chi connectivity index (χ2v) is 5.06. The summed E-state index contributed by atoms with van der Waals surface area (Å²) >= 11 is 0. The number of nitrogens with zero attached hydrogens (tertiary/aromatic N) is 4. The van der Waals surface area contributed by atoms with Crippen molar-refractivity contribution in [2.24, 2.45) is 7.05 Å². The van der Waals surface area contributed by atoms with E-state index < -0.39 is 0 Å². The standard InChI is InChI=1S/C13H21N5O2.ClH/c1-10-11(8-15-17(10)3)13(20)16(2)9-12(19)18-6-4-14-5-7-18;/h8,14H,4-7,9H2,1-3H3;1H. The Labute approximate surface area is 130 Å². The molecular formula is C13H22ClN5O2. The van der Waals surface area contributed by atoms with Crippen LogP contribution >= 0.6 is 12.4 Å². The fourth-order valence-corrected chi connectivity index (χ4v) is 2.20. The topological polar surface area (TPSA) is 70.5 Å². The van der Waals surface area contributed by atoms with Crippen LogP contribution in [0, 0.1) is 6.92 Å². The number of likely N-dealkylation sites (N-methyl/N-ethyl adjacent to an activating group) is 1. The van der Waals surface area contributed by atoms with E-state index in [0.717, 1.165) is 18.8 Å². The molecule has 7 nitrogen and oxygen atoms in total. The monoisotopic (exact) mass is 315 g/mol. The van der Waals surface area contributed by atoms with E-state index in [-0.39, 0.29) is 30.8 Å². The van der Waals surface area contributed by atoms with Crippen molar-refractivity contribution in [2.75, 3.05) is 39.8 Å². The number of rotatable bonds is 3. The molecule has 1 aromatic rings. The minimum atomic E-state index is -0.168. The van der Waals surface area contributed by atoms with Crippen LogP contribution in [0.2, 0.25) is 0 Å². The van der Waals surface area contributed by atoms with Gasteiger partial charge in [0, 0.05) is 46.0 Å². The van der Waals surface area contributed by atoms with Crippen LogP contribution in [0.15, 0.2) is 6.20 Å². The van der Waals surface area contributed by atoms with Crippen LogP contribution in [-0.4, -0.2) is 71.2 Å². The highest BCUT2D eigenvalue weighted by Gasteiger charge is 2.22. The van der Waals surface area contributed by atoms with E-state index in [1.54, 1.807) is 29.9 Å². The van der Waals surface area contributed by atoms with Crippen molar-refractivity contribution in [3.8, 4) is 0 Å². The summed E-state index contributed by atoms with van der Waals surface area (Å²) in [6.07, 6.45) is 1.55. The van der Waals surface area contributed by atoms with Crippen molar-refractivity contribution in [3.05, 3.63) is 17.5 Å². The van der Waals surface area contributed by atoms with Crippen LogP contribution in [0.3, 0.4) is 0 Å². The van der Waals surface area contributed by atoms with E-state index in [1.165, 1.54) is 4.90 Å². The first-order valence-electron chi connectivity index (χ1n) is 6.73. The Morgan fingerprint density at radius 1 is 1.38 bits per heavy atom. The van der Waals surface area contributed by atoms with Gasteiger partial charge < -0.3 is 15.1 Å². The van der Waals surface area contributed by atoms with Crippen molar-refractivity contribution in [1.82, 2.24) is 24.9 Å². The SMILES string of the molecule is Cc1c(C(=O)N(C)CC(=O)N2CCNCC2)cnn1C.Cl. The lowest BCUT2D eigenvalue weighted by Crippen LogP contribution is -2.49. The molecule has 0 aliphatic carbocycles. The van der Waals surface area contributed by atoms with Crippen molar-refractivity contribution in [3.63, 3.8) is 0 Å². The molecule has 0 spiro atoms. The molecule has 1 saturated heterocycles. The Hall–Kier alpha value is -1.60. The zero-order valence-electron chi connectivity index (χ0n) is 12.6. The van der Waals surface area contributed by atoms with Crippen molar-refractivity contribution < 1.29 is 9.59 Å². The van der Waals surface area contributed by atoms with Crippen LogP contribution in [0.4, 0.5) is 0 Å². The summed E-state index contributed by atoms with van der Waals surface area (Å²) in [5.41, 5.74) is 1.35. The third kappa shape index (κ3) is 3.95. The average molecular weight is 316 g/mol. The first-order valence-corrected chi connectivity index (χ1v) is 6.73. The number of aromatic nitrogens is 2. The fraction of sp³-hybridized carbons (Fsp3) is 0.615. The Morgan fingerprint density at radius 3 is 2.52 bits per heavy atom. The van der Waals surface area contributed by atoms with Gasteiger partial charge in [0.15, 0.2) is 0 Å². The van der Waals surface area contributed by atoms with Crippen molar-refractivity contribution in [1.29, 1.82) is 0 Å². The molecule has 2 heterocycles. The lowest BCUT2D eigenvalue weighted by molar-refractivity contribution is -0.132. The van der Waals surface area contributed by atoms with Gasteiger partial charge in [-0.05, 0) is 6.92 Å². The zero-order chi connectivity index (χ0) is 14.7. The minimum Gasteiger partial charge on any atom is -0.339 e. The Morgan fingerprint density at radius 2 is 2.00 bits per heavy atom. The minimum absolute atomic E-state index is 0. The molecule has 0 aromatic carbocycles. The molecule has 0 saturated carbocycles. The van der Waals surface area contributed by atoms with E-state index in [9.17, 15) is 9.59 Å². The molecule has 2 rings (SSSR count). The van der Waals surface area contributed by atoms with Gasteiger partial charge in [0.1, 0.15) is 0 Å². The number of hydrogen-bond donors (Lipinski definition) is 1. The van der Waals surface area contributed by atoms with E-state index in [1.807, 2.05) is 6.92 Å². The quantitative estimate of drug-likeness (QED) is 0.828. The molecule has 8 heteroatoms. The summed E-state index contributed by atoms with van der Waals surface area (Å²) in [6, 6.07) is 0. The van der Waals surface area contributed by atoms with Gasteiger partial charge in [0.05, 0.1) is 18.3 Å². The number of hydrogen-bond acceptors (Lipinski definition) is 4. The molecule has 0 radical (unpaired) electrons. The van der Waals surface area contributed by atoms with Gasteiger partial charge in [-0.25, -0.2) is 0 Å². The smallest absolute Gasteiger partial charge is 0.257 e. The molecule has 1 N–H and O–H groups in total. The third-order valence-corrected chi connectivity index (χ3v) is 3.65. The van der Waals surface area contributed by atoms with Crippen LogP contribution in [-0.2, 0) is 11.8 Å². The summed E-state index contributed by atoms with van der Waals surface area (Å²) in [5.74, 6) is -0.178. The van der Waals surface area contributed by atoms with Crippen LogP contribution in [0.1, 0.15) is 16.1 Å². The average Bonchev–Trinajstić information content (AvgIpc) is 2.79. The summed E-state index contributed by atoms with van der Waals surface area (Å²) in [4.78, 5) is 27.6. The van der Waals surface area contributed by atoms with Crippen LogP contribution in [0.5, 0.6) is 0 Å². The maximum Gasteiger partial charge on any atom is 0.257 e. The molecule has 1 aromatic heterocycles. The summed E-state index contributed by atoms with van der Waals surface area (Å²) in [6.45, 7) is 4.97. The van der Waals surface area contributed by atoms with Gasteiger partial charge in [-0.15, -0.1) is 12.4 Å². The molecular weight excluding hydrogens is 294 g/mol. The largest absolute Gasteiger partial charge is 0.339 e. The van der Waals surface area contributed by atoms with Gasteiger partial charge in [0.2, 0.25) is 5.91 Å². The molecule has 118 valence electrons. The molecule has 1 aliphatic rings. The third-order valence-electron chi connectivity index (χ3n) is 3.65. The number of halogens is 1. The van der Waals surface area contributed by atoms with Gasteiger partial charge in [-0.3, -0.25) is 14.3 Å². The van der Waals surface area contributed by atoms with Crippen LogP contribution < -0.4 is 5.32 Å². The van der Waals surface area contributed by atoms with Crippen molar-refractivity contribution in [2.45, 2.75) is 6.92 Å². The first kappa shape index (κ1) is 17.5. The Balaban J connectivity index is 0.00000220. The van der Waals surface area contributed by atoms with Crippen molar-refractivity contribution >= 4 is 24.2 Å². The van der Waals surface area contributed by atoms with Gasteiger partial charge in [-0.2, -0.15) is 5.10 Å². The summed E-state index contributed by atoms with van der Waals surface area (Å²) < 4.78 is 1.65. The Kier molecular flexibility index (Phi) is 6.17. The number of aryl methyl sites for hydroxylation is 1. The van der Waals surface area contributed by atoms with Gasteiger partial charge in [0.25, 0.3) is 5.91 Å². The molecule has 0 atom stereocenters. The second kappa shape index (κ2) is 7.42. The number of nitrogens with one attached hydrogen (secondary N) is 1. The number of piperazine rings is 1. The first-order chi connectivity index (χ1) is 9.50. The molecule has 0 bridgehead atoms.